The molecule has 0 unspecified atom stereocenters. The summed E-state index contributed by atoms with van der Waals surface area (Å²) >= 11 is 0. The Morgan fingerprint density at radius 1 is 1.26 bits per heavy atom. The standard InChI is InChI=1S/C14H12N4O/c1-9-12(14(19)18-17-9)8-16-11-4-5-13-10(7-11)3-2-6-15-13/h2-8,16-17H,1H2,(H,18,19)/b12-8-. The van der Waals surface area contributed by atoms with Crippen LogP contribution >= 0.6 is 0 Å². The van der Waals surface area contributed by atoms with E-state index in [1.807, 2.05) is 30.3 Å². The van der Waals surface area contributed by atoms with Gasteiger partial charge < -0.3 is 5.32 Å². The molecule has 19 heavy (non-hydrogen) atoms. The summed E-state index contributed by atoms with van der Waals surface area (Å²) in [6.45, 7) is 3.74. The number of anilines is 1. The molecule has 0 atom stereocenters. The van der Waals surface area contributed by atoms with Crippen LogP contribution in [0, 0.1) is 0 Å². The molecule has 3 rings (SSSR count). The summed E-state index contributed by atoms with van der Waals surface area (Å²) in [5.74, 6) is 0. The van der Waals surface area contributed by atoms with Crippen LogP contribution in [0.1, 0.15) is 0 Å². The second-order valence-electron chi connectivity index (χ2n) is 4.17. The molecule has 2 aromatic heterocycles. The molecule has 3 aromatic rings. The smallest absolute Gasteiger partial charge is 0.273 e. The monoisotopic (exact) mass is 252 g/mol. The first-order valence-corrected chi connectivity index (χ1v) is 5.81. The first-order valence-electron chi connectivity index (χ1n) is 5.81. The van der Waals surface area contributed by atoms with Crippen LogP contribution in [0.5, 0.6) is 0 Å². The van der Waals surface area contributed by atoms with Gasteiger partial charge in [-0.2, -0.15) is 0 Å². The number of H-pyrrole nitrogens is 2. The summed E-state index contributed by atoms with van der Waals surface area (Å²) in [5, 5.41) is 10.3. The molecule has 5 heteroatoms. The zero-order chi connectivity index (χ0) is 13.2. The minimum Gasteiger partial charge on any atom is -0.361 e. The normalized spacial score (nSPS) is 11.9. The van der Waals surface area contributed by atoms with E-state index in [4.69, 9.17) is 0 Å². The van der Waals surface area contributed by atoms with Gasteiger partial charge in [-0.1, -0.05) is 12.6 Å². The van der Waals surface area contributed by atoms with Gasteiger partial charge in [0.2, 0.25) is 0 Å². The zero-order valence-corrected chi connectivity index (χ0v) is 10.1. The second-order valence-corrected chi connectivity index (χ2v) is 4.17. The van der Waals surface area contributed by atoms with E-state index < -0.39 is 0 Å². The van der Waals surface area contributed by atoms with Crippen molar-refractivity contribution in [1.29, 1.82) is 0 Å². The van der Waals surface area contributed by atoms with Gasteiger partial charge in [0, 0.05) is 23.5 Å². The number of aromatic nitrogens is 3. The van der Waals surface area contributed by atoms with E-state index in [1.54, 1.807) is 12.4 Å². The fourth-order valence-corrected chi connectivity index (χ4v) is 1.88. The molecular formula is C14H12N4O. The topological polar surface area (TPSA) is 73.6 Å². The fraction of sp³-hybridized carbons (Fsp3) is 0. The molecule has 0 fully saturated rings. The van der Waals surface area contributed by atoms with Crippen LogP contribution in [0.4, 0.5) is 5.69 Å². The van der Waals surface area contributed by atoms with Crippen LogP contribution in [0.2, 0.25) is 0 Å². The number of hydrogen-bond acceptors (Lipinski definition) is 3. The molecule has 94 valence electrons. The van der Waals surface area contributed by atoms with E-state index in [9.17, 15) is 4.79 Å². The van der Waals surface area contributed by atoms with E-state index in [-0.39, 0.29) is 5.56 Å². The van der Waals surface area contributed by atoms with Gasteiger partial charge in [-0.25, -0.2) is 0 Å². The number of benzene rings is 1. The van der Waals surface area contributed by atoms with Crippen molar-refractivity contribution in [1.82, 2.24) is 15.2 Å². The second kappa shape index (κ2) is 4.45. The lowest BCUT2D eigenvalue weighted by Crippen LogP contribution is -2.33. The van der Waals surface area contributed by atoms with Gasteiger partial charge >= 0.3 is 0 Å². The molecule has 0 saturated heterocycles. The Labute approximate surface area is 108 Å². The lowest BCUT2D eigenvalue weighted by Gasteiger charge is -2.02. The van der Waals surface area contributed by atoms with E-state index in [0.29, 0.717) is 10.6 Å². The zero-order valence-electron chi connectivity index (χ0n) is 10.1. The maximum Gasteiger partial charge on any atom is 0.273 e. The van der Waals surface area contributed by atoms with Crippen molar-refractivity contribution >= 4 is 29.4 Å². The van der Waals surface area contributed by atoms with Crippen LogP contribution in [-0.4, -0.2) is 15.2 Å². The average Bonchev–Trinajstić information content (AvgIpc) is 2.76. The molecule has 0 amide bonds. The Morgan fingerprint density at radius 3 is 2.95 bits per heavy atom. The molecule has 0 aliphatic rings. The molecular weight excluding hydrogens is 240 g/mol. The molecule has 0 spiro atoms. The van der Waals surface area contributed by atoms with Gasteiger partial charge in [0.05, 0.1) is 16.1 Å². The highest BCUT2D eigenvalue weighted by atomic mass is 16.1. The van der Waals surface area contributed by atoms with Crippen LogP contribution in [-0.2, 0) is 0 Å². The number of hydrogen-bond donors (Lipinski definition) is 3. The Kier molecular flexibility index (Phi) is 2.64. The molecule has 0 saturated carbocycles. The summed E-state index contributed by atoms with van der Waals surface area (Å²) in [6, 6.07) is 9.69. The highest BCUT2D eigenvalue weighted by molar-refractivity contribution is 5.82. The van der Waals surface area contributed by atoms with Crippen molar-refractivity contribution in [3.63, 3.8) is 0 Å². The lowest BCUT2D eigenvalue weighted by atomic mass is 10.2. The van der Waals surface area contributed by atoms with Crippen molar-refractivity contribution in [3.8, 4) is 0 Å². The molecule has 0 aliphatic carbocycles. The van der Waals surface area contributed by atoms with Crippen molar-refractivity contribution < 1.29 is 0 Å². The third-order valence-electron chi connectivity index (χ3n) is 2.88. The van der Waals surface area contributed by atoms with Crippen molar-refractivity contribution in [2.24, 2.45) is 0 Å². The Bertz CT molecular complexity index is 861. The minimum atomic E-state index is -0.194. The fourth-order valence-electron chi connectivity index (χ4n) is 1.88. The molecule has 0 bridgehead atoms. The number of fused-ring (bicyclic) bond motifs is 1. The predicted molar refractivity (Wildman–Crippen MR) is 76.0 cm³/mol. The van der Waals surface area contributed by atoms with E-state index in [0.717, 1.165) is 16.6 Å². The Balaban J connectivity index is 2.01. The van der Waals surface area contributed by atoms with E-state index in [1.165, 1.54) is 0 Å². The maximum absolute atomic E-state index is 11.5. The average molecular weight is 252 g/mol. The number of nitrogens with one attached hydrogen (secondary N) is 3. The number of pyridine rings is 1. The molecule has 0 aliphatic heterocycles. The summed E-state index contributed by atoms with van der Waals surface area (Å²) in [6.07, 6.45) is 3.39. The molecule has 0 radical (unpaired) electrons. The van der Waals surface area contributed by atoms with Crippen molar-refractivity contribution in [3.05, 3.63) is 57.5 Å². The Hall–Kier alpha value is -2.82. The van der Waals surface area contributed by atoms with Gasteiger partial charge in [-0.15, -0.1) is 0 Å². The highest BCUT2D eigenvalue weighted by Crippen LogP contribution is 2.16. The first-order chi connectivity index (χ1) is 9.24. The van der Waals surface area contributed by atoms with Gasteiger partial charge in [0.15, 0.2) is 0 Å². The molecule has 1 aromatic carbocycles. The minimum absolute atomic E-state index is 0.194. The SMILES string of the molecule is C=c1[nH][nH]c(=O)/c1=C\Nc1ccc2ncccc2c1. The van der Waals surface area contributed by atoms with Gasteiger partial charge in [-0.3, -0.25) is 20.0 Å². The third kappa shape index (κ3) is 2.13. The summed E-state index contributed by atoms with van der Waals surface area (Å²) < 4.78 is 0. The number of rotatable bonds is 2. The number of nitrogens with zero attached hydrogens (tertiary/aromatic N) is 1. The maximum atomic E-state index is 11.5. The van der Waals surface area contributed by atoms with Crippen LogP contribution in [0.3, 0.4) is 0 Å². The van der Waals surface area contributed by atoms with Crippen LogP contribution in [0.15, 0.2) is 41.3 Å². The van der Waals surface area contributed by atoms with E-state index >= 15 is 0 Å². The van der Waals surface area contributed by atoms with Crippen LogP contribution in [0.25, 0.3) is 23.7 Å². The van der Waals surface area contributed by atoms with Gasteiger partial charge in [0.25, 0.3) is 5.56 Å². The van der Waals surface area contributed by atoms with Gasteiger partial charge in [0.1, 0.15) is 0 Å². The van der Waals surface area contributed by atoms with Crippen LogP contribution < -0.4 is 21.4 Å². The lowest BCUT2D eigenvalue weighted by molar-refractivity contribution is 1.04. The summed E-state index contributed by atoms with van der Waals surface area (Å²) in [5.41, 5.74) is 1.63. The summed E-state index contributed by atoms with van der Waals surface area (Å²) in [4.78, 5) is 15.7. The van der Waals surface area contributed by atoms with Crippen molar-refractivity contribution in [2.75, 3.05) is 5.32 Å². The third-order valence-corrected chi connectivity index (χ3v) is 2.88. The van der Waals surface area contributed by atoms with Crippen molar-refractivity contribution in [2.45, 2.75) is 0 Å². The molecule has 3 N–H and O–H groups in total. The molecule has 5 nitrogen and oxygen atoms in total. The predicted octanol–water partition coefficient (Wildman–Crippen LogP) is 0.512. The molecule has 2 heterocycles. The number of aromatic amines is 2. The van der Waals surface area contributed by atoms with E-state index in [2.05, 4.69) is 27.1 Å². The first kappa shape index (κ1) is 11.3. The Morgan fingerprint density at radius 2 is 2.16 bits per heavy atom. The largest absolute Gasteiger partial charge is 0.361 e. The highest BCUT2D eigenvalue weighted by Gasteiger charge is 1.96. The van der Waals surface area contributed by atoms with Gasteiger partial charge in [-0.05, 0) is 24.3 Å². The quantitative estimate of drug-likeness (QED) is 0.622. The summed E-state index contributed by atoms with van der Waals surface area (Å²) in [7, 11) is 0.